The summed E-state index contributed by atoms with van der Waals surface area (Å²) in [6.45, 7) is 2.04. The second-order valence-corrected chi connectivity index (χ2v) is 5.69. The Morgan fingerprint density at radius 1 is 1.10 bits per heavy atom. The van der Waals surface area contributed by atoms with Crippen LogP contribution >= 0.6 is 11.8 Å². The monoisotopic (exact) mass is 296 g/mol. The Morgan fingerprint density at radius 3 is 2.57 bits per heavy atom. The number of carboxylic acids is 1. The normalized spacial score (nSPS) is 10.7. The van der Waals surface area contributed by atoms with Crippen LogP contribution in [0.5, 0.6) is 0 Å². The lowest BCUT2D eigenvalue weighted by Crippen LogP contribution is -1.96. The molecule has 2 aromatic carbocycles. The summed E-state index contributed by atoms with van der Waals surface area (Å²) < 4.78 is 0. The number of aryl methyl sites for hydroxylation is 1. The van der Waals surface area contributed by atoms with Crippen LogP contribution in [0.25, 0.3) is 10.9 Å². The molecule has 0 bridgehead atoms. The molecular weight excluding hydrogens is 284 g/mol. The van der Waals surface area contributed by atoms with Crippen LogP contribution < -0.4 is 0 Å². The molecule has 0 unspecified atom stereocenters. The number of nitrogens with zero attached hydrogens (tertiary/aromatic N) is 2. The molecule has 0 aliphatic rings. The van der Waals surface area contributed by atoms with E-state index in [2.05, 4.69) is 9.97 Å². The molecular formula is C16H12N2O2S. The number of hydrogen-bond acceptors (Lipinski definition) is 4. The van der Waals surface area contributed by atoms with Crippen LogP contribution in [-0.4, -0.2) is 21.0 Å². The number of hydrogen-bond donors (Lipinski definition) is 1. The van der Waals surface area contributed by atoms with Gasteiger partial charge in [-0.25, -0.2) is 14.8 Å². The summed E-state index contributed by atoms with van der Waals surface area (Å²) in [6.07, 6.45) is 1.46. The number of aromatic nitrogens is 2. The summed E-state index contributed by atoms with van der Waals surface area (Å²) in [5.74, 6) is -0.955. The fraction of sp³-hybridized carbons (Fsp3) is 0.0625. The van der Waals surface area contributed by atoms with Gasteiger partial charge >= 0.3 is 5.97 Å². The van der Waals surface area contributed by atoms with Crippen molar-refractivity contribution in [1.29, 1.82) is 0 Å². The number of carboxylic acid groups (broad SMARTS) is 1. The molecule has 0 saturated heterocycles. The first-order chi connectivity index (χ1) is 10.1. The van der Waals surface area contributed by atoms with Gasteiger partial charge in [0.1, 0.15) is 11.4 Å². The van der Waals surface area contributed by atoms with Crippen molar-refractivity contribution in [3.63, 3.8) is 0 Å². The molecule has 21 heavy (non-hydrogen) atoms. The van der Waals surface area contributed by atoms with Gasteiger partial charge in [-0.2, -0.15) is 0 Å². The largest absolute Gasteiger partial charge is 0.478 e. The molecule has 0 radical (unpaired) electrons. The first kappa shape index (κ1) is 13.6. The lowest BCUT2D eigenvalue weighted by atomic mass is 10.1. The number of fused-ring (bicyclic) bond motifs is 1. The van der Waals surface area contributed by atoms with Gasteiger partial charge in [-0.1, -0.05) is 29.5 Å². The third kappa shape index (κ3) is 2.87. The van der Waals surface area contributed by atoms with E-state index in [0.29, 0.717) is 5.52 Å². The van der Waals surface area contributed by atoms with E-state index < -0.39 is 5.97 Å². The van der Waals surface area contributed by atoms with E-state index in [1.54, 1.807) is 30.0 Å². The maximum atomic E-state index is 11.0. The lowest BCUT2D eigenvalue weighted by molar-refractivity contribution is 0.0697. The first-order valence-electron chi connectivity index (χ1n) is 6.36. The van der Waals surface area contributed by atoms with Crippen LogP contribution in [0.4, 0.5) is 0 Å². The van der Waals surface area contributed by atoms with Crippen molar-refractivity contribution < 1.29 is 9.90 Å². The summed E-state index contributed by atoms with van der Waals surface area (Å²) in [4.78, 5) is 20.5. The molecule has 0 spiro atoms. The van der Waals surface area contributed by atoms with E-state index in [0.717, 1.165) is 15.3 Å². The van der Waals surface area contributed by atoms with Crippen molar-refractivity contribution in [2.45, 2.75) is 16.8 Å². The van der Waals surface area contributed by atoms with Crippen molar-refractivity contribution in [3.05, 3.63) is 59.9 Å². The number of rotatable bonds is 3. The van der Waals surface area contributed by atoms with Crippen LogP contribution in [0.15, 0.2) is 58.7 Å². The second kappa shape index (κ2) is 5.54. The summed E-state index contributed by atoms with van der Waals surface area (Å²) in [7, 11) is 0. The fourth-order valence-electron chi connectivity index (χ4n) is 1.96. The van der Waals surface area contributed by atoms with Gasteiger partial charge in [-0.15, -0.1) is 0 Å². The smallest absolute Gasteiger partial charge is 0.335 e. The van der Waals surface area contributed by atoms with E-state index >= 15 is 0 Å². The SMILES string of the molecule is Cc1ccc(Sc2ncnc3cc(C(=O)O)ccc23)cc1. The molecule has 0 amide bonds. The van der Waals surface area contributed by atoms with Gasteiger partial charge in [0.2, 0.25) is 0 Å². The Kier molecular flexibility index (Phi) is 3.58. The summed E-state index contributed by atoms with van der Waals surface area (Å²) in [5, 5.41) is 10.7. The van der Waals surface area contributed by atoms with Crippen LogP contribution in [0, 0.1) is 6.92 Å². The predicted octanol–water partition coefficient (Wildman–Crippen LogP) is 3.79. The van der Waals surface area contributed by atoms with Gasteiger partial charge < -0.3 is 5.11 Å². The highest BCUT2D eigenvalue weighted by atomic mass is 32.2. The molecule has 0 atom stereocenters. The molecule has 0 fully saturated rings. The molecule has 3 aromatic rings. The molecule has 4 nitrogen and oxygen atoms in total. The maximum Gasteiger partial charge on any atom is 0.335 e. The zero-order valence-corrected chi connectivity index (χ0v) is 12.1. The van der Waals surface area contributed by atoms with E-state index in [1.807, 2.05) is 31.2 Å². The van der Waals surface area contributed by atoms with Gasteiger partial charge in [0.05, 0.1) is 11.1 Å². The van der Waals surface area contributed by atoms with E-state index in [9.17, 15) is 4.79 Å². The highest BCUT2D eigenvalue weighted by molar-refractivity contribution is 7.99. The van der Waals surface area contributed by atoms with Crippen molar-refractivity contribution in [1.82, 2.24) is 9.97 Å². The zero-order valence-electron chi connectivity index (χ0n) is 11.3. The number of aromatic carboxylic acids is 1. The van der Waals surface area contributed by atoms with Gasteiger partial charge in [0.25, 0.3) is 0 Å². The highest BCUT2D eigenvalue weighted by Crippen LogP contribution is 2.31. The Morgan fingerprint density at radius 2 is 1.86 bits per heavy atom. The van der Waals surface area contributed by atoms with Crippen LogP contribution in [0.3, 0.4) is 0 Å². The van der Waals surface area contributed by atoms with E-state index in [1.165, 1.54) is 11.9 Å². The maximum absolute atomic E-state index is 11.0. The van der Waals surface area contributed by atoms with E-state index in [4.69, 9.17) is 5.11 Å². The Labute approximate surface area is 125 Å². The standard InChI is InChI=1S/C16H12N2O2S/c1-10-2-5-12(6-3-10)21-15-13-7-4-11(16(19)20)8-14(13)17-9-18-15/h2-9H,1H3,(H,19,20). The molecule has 3 rings (SSSR count). The Balaban J connectivity index is 2.02. The van der Waals surface area contributed by atoms with Gasteiger partial charge in [-0.05, 0) is 37.3 Å². The molecule has 0 saturated carbocycles. The molecule has 1 heterocycles. The predicted molar refractivity (Wildman–Crippen MR) is 81.8 cm³/mol. The topological polar surface area (TPSA) is 63.1 Å². The van der Waals surface area contributed by atoms with Crippen molar-refractivity contribution in [2.24, 2.45) is 0 Å². The van der Waals surface area contributed by atoms with Crippen molar-refractivity contribution in [2.75, 3.05) is 0 Å². The molecule has 104 valence electrons. The Bertz CT molecular complexity index is 816. The van der Waals surface area contributed by atoms with Gasteiger partial charge in [0.15, 0.2) is 0 Å². The third-order valence-electron chi connectivity index (χ3n) is 3.08. The van der Waals surface area contributed by atoms with Crippen LogP contribution in [0.2, 0.25) is 0 Å². The molecule has 0 aliphatic carbocycles. The van der Waals surface area contributed by atoms with Crippen LogP contribution in [0.1, 0.15) is 15.9 Å². The first-order valence-corrected chi connectivity index (χ1v) is 7.18. The number of carbonyl (C=O) groups is 1. The average molecular weight is 296 g/mol. The summed E-state index contributed by atoms with van der Waals surface area (Å²) in [5.41, 5.74) is 2.07. The molecule has 5 heteroatoms. The molecule has 0 aliphatic heterocycles. The second-order valence-electron chi connectivity index (χ2n) is 4.63. The van der Waals surface area contributed by atoms with Gasteiger partial charge in [0, 0.05) is 10.3 Å². The Hall–Kier alpha value is -2.40. The average Bonchev–Trinajstić information content (AvgIpc) is 2.49. The minimum atomic E-state index is -0.955. The van der Waals surface area contributed by atoms with E-state index in [-0.39, 0.29) is 5.56 Å². The number of benzene rings is 2. The third-order valence-corrected chi connectivity index (χ3v) is 4.11. The lowest BCUT2D eigenvalue weighted by Gasteiger charge is -2.05. The van der Waals surface area contributed by atoms with Crippen molar-refractivity contribution >= 4 is 28.6 Å². The molecule has 1 N–H and O–H groups in total. The van der Waals surface area contributed by atoms with Crippen molar-refractivity contribution in [3.8, 4) is 0 Å². The zero-order chi connectivity index (χ0) is 14.8. The quantitative estimate of drug-likeness (QED) is 0.745. The summed E-state index contributed by atoms with van der Waals surface area (Å²) >= 11 is 1.54. The highest BCUT2D eigenvalue weighted by Gasteiger charge is 2.09. The van der Waals surface area contributed by atoms with Gasteiger partial charge in [-0.3, -0.25) is 0 Å². The minimum absolute atomic E-state index is 0.229. The molecule has 1 aromatic heterocycles. The summed E-state index contributed by atoms with van der Waals surface area (Å²) in [6, 6.07) is 13.1. The van der Waals surface area contributed by atoms with Crippen LogP contribution in [-0.2, 0) is 0 Å². The fourth-order valence-corrected chi connectivity index (χ4v) is 2.84. The minimum Gasteiger partial charge on any atom is -0.478 e.